The topological polar surface area (TPSA) is 62.2 Å². The van der Waals surface area contributed by atoms with Crippen molar-refractivity contribution in [2.24, 2.45) is 0 Å². The number of nitrogens with one attached hydrogen (secondary N) is 1. The summed E-state index contributed by atoms with van der Waals surface area (Å²) in [4.78, 5) is 15.9. The smallest absolute Gasteiger partial charge is 0.253 e. The lowest BCUT2D eigenvalue weighted by atomic mass is 9.92. The highest BCUT2D eigenvalue weighted by molar-refractivity contribution is 5.94. The number of pyridine rings is 1. The summed E-state index contributed by atoms with van der Waals surface area (Å²) in [7, 11) is 0. The van der Waals surface area contributed by atoms with Gasteiger partial charge in [-0.15, -0.1) is 0 Å². The summed E-state index contributed by atoms with van der Waals surface area (Å²) in [6, 6.07) is 1.69. The zero-order valence-corrected chi connectivity index (χ0v) is 10.0. The zero-order valence-electron chi connectivity index (χ0n) is 10.0. The molecule has 0 unspecified atom stereocenters. The van der Waals surface area contributed by atoms with E-state index in [4.69, 9.17) is 0 Å². The van der Waals surface area contributed by atoms with Crippen LogP contribution in [0.2, 0.25) is 0 Å². The standard InChI is InChI=1S/C13H18N2O2/c1-9-6-10(8-14-7-9)13(17)15-11-4-2-3-5-12(11)16/h6-8,11-12,16H,2-5H2,1H3,(H,15,17)/t11-,12-/m1/s1. The lowest BCUT2D eigenvalue weighted by Crippen LogP contribution is -2.45. The number of aliphatic hydroxyl groups is 1. The van der Waals surface area contributed by atoms with E-state index in [1.807, 2.05) is 6.92 Å². The van der Waals surface area contributed by atoms with Crippen molar-refractivity contribution in [2.45, 2.75) is 44.8 Å². The molecule has 4 heteroatoms. The lowest BCUT2D eigenvalue weighted by molar-refractivity contribution is 0.0717. The molecule has 2 rings (SSSR count). The molecule has 17 heavy (non-hydrogen) atoms. The Bertz CT molecular complexity index is 406. The number of aliphatic hydroxyl groups excluding tert-OH is 1. The molecule has 0 saturated heterocycles. The van der Waals surface area contributed by atoms with Crippen molar-refractivity contribution in [3.63, 3.8) is 0 Å². The van der Waals surface area contributed by atoms with Crippen molar-refractivity contribution in [3.8, 4) is 0 Å². The highest BCUT2D eigenvalue weighted by Gasteiger charge is 2.24. The predicted octanol–water partition coefficient (Wildman–Crippen LogP) is 1.42. The van der Waals surface area contributed by atoms with E-state index in [-0.39, 0.29) is 11.9 Å². The van der Waals surface area contributed by atoms with Gasteiger partial charge in [-0.25, -0.2) is 0 Å². The van der Waals surface area contributed by atoms with Crippen LogP contribution in [0.5, 0.6) is 0 Å². The van der Waals surface area contributed by atoms with Gasteiger partial charge in [0, 0.05) is 12.4 Å². The second-order valence-electron chi connectivity index (χ2n) is 4.68. The highest BCUT2D eigenvalue weighted by atomic mass is 16.3. The minimum absolute atomic E-state index is 0.114. The number of nitrogens with zero attached hydrogens (tertiary/aromatic N) is 1. The van der Waals surface area contributed by atoms with Crippen molar-refractivity contribution in [2.75, 3.05) is 0 Å². The van der Waals surface area contributed by atoms with Gasteiger partial charge in [0.05, 0.1) is 17.7 Å². The average molecular weight is 234 g/mol. The van der Waals surface area contributed by atoms with Crippen LogP contribution in [0.1, 0.15) is 41.6 Å². The summed E-state index contributed by atoms with van der Waals surface area (Å²) >= 11 is 0. The summed E-state index contributed by atoms with van der Waals surface area (Å²) < 4.78 is 0. The fraction of sp³-hybridized carbons (Fsp3) is 0.538. The van der Waals surface area contributed by atoms with Gasteiger partial charge in [-0.05, 0) is 31.4 Å². The van der Waals surface area contributed by atoms with Crippen LogP contribution in [0.3, 0.4) is 0 Å². The number of aryl methyl sites for hydroxylation is 1. The Labute approximate surface area is 101 Å². The maximum atomic E-state index is 11.9. The Morgan fingerprint density at radius 2 is 2.18 bits per heavy atom. The first kappa shape index (κ1) is 12.0. The number of carbonyl (C=O) groups excluding carboxylic acids is 1. The van der Waals surface area contributed by atoms with E-state index in [9.17, 15) is 9.90 Å². The van der Waals surface area contributed by atoms with Crippen molar-refractivity contribution >= 4 is 5.91 Å². The normalized spacial score (nSPS) is 24.4. The average Bonchev–Trinajstić information content (AvgIpc) is 2.32. The maximum absolute atomic E-state index is 11.9. The minimum Gasteiger partial charge on any atom is -0.391 e. The lowest BCUT2D eigenvalue weighted by Gasteiger charge is -2.28. The molecular weight excluding hydrogens is 216 g/mol. The highest BCUT2D eigenvalue weighted by Crippen LogP contribution is 2.18. The minimum atomic E-state index is -0.412. The summed E-state index contributed by atoms with van der Waals surface area (Å²) in [5.74, 6) is -0.146. The largest absolute Gasteiger partial charge is 0.391 e. The molecule has 0 radical (unpaired) electrons. The number of hydrogen-bond acceptors (Lipinski definition) is 3. The van der Waals surface area contributed by atoms with Gasteiger partial charge in [0.25, 0.3) is 5.91 Å². The van der Waals surface area contributed by atoms with Gasteiger partial charge in [0.2, 0.25) is 0 Å². The second kappa shape index (κ2) is 5.27. The van der Waals surface area contributed by atoms with E-state index in [1.54, 1.807) is 18.5 Å². The molecule has 92 valence electrons. The molecule has 4 nitrogen and oxygen atoms in total. The molecular formula is C13H18N2O2. The number of rotatable bonds is 2. The predicted molar refractivity (Wildman–Crippen MR) is 64.7 cm³/mol. The van der Waals surface area contributed by atoms with Gasteiger partial charge in [0.15, 0.2) is 0 Å². The van der Waals surface area contributed by atoms with Gasteiger partial charge in [-0.1, -0.05) is 12.8 Å². The van der Waals surface area contributed by atoms with Crippen LogP contribution in [0, 0.1) is 6.92 Å². The van der Waals surface area contributed by atoms with Gasteiger partial charge in [0.1, 0.15) is 0 Å². The van der Waals surface area contributed by atoms with Crippen LogP contribution in [0.25, 0.3) is 0 Å². The maximum Gasteiger partial charge on any atom is 0.253 e. The molecule has 1 aliphatic carbocycles. The third-order valence-electron chi connectivity index (χ3n) is 3.18. The van der Waals surface area contributed by atoms with Crippen molar-refractivity contribution in [1.82, 2.24) is 10.3 Å². The van der Waals surface area contributed by atoms with E-state index in [1.165, 1.54) is 0 Å². The van der Waals surface area contributed by atoms with E-state index in [2.05, 4.69) is 10.3 Å². The number of carbonyl (C=O) groups is 1. The molecule has 0 aromatic carbocycles. The van der Waals surface area contributed by atoms with Crippen LogP contribution >= 0.6 is 0 Å². The van der Waals surface area contributed by atoms with Gasteiger partial charge in [-0.2, -0.15) is 0 Å². The number of aromatic nitrogens is 1. The molecule has 0 bridgehead atoms. The van der Waals surface area contributed by atoms with Crippen LogP contribution < -0.4 is 5.32 Å². The molecule has 1 aliphatic rings. The van der Waals surface area contributed by atoms with Gasteiger partial charge >= 0.3 is 0 Å². The third kappa shape index (κ3) is 3.03. The number of hydrogen-bond donors (Lipinski definition) is 2. The molecule has 0 spiro atoms. The monoisotopic (exact) mass is 234 g/mol. The zero-order chi connectivity index (χ0) is 12.3. The summed E-state index contributed by atoms with van der Waals surface area (Å²) in [6.45, 7) is 1.90. The molecule has 1 aromatic rings. The van der Waals surface area contributed by atoms with Crippen LogP contribution in [0.15, 0.2) is 18.5 Å². The third-order valence-corrected chi connectivity index (χ3v) is 3.18. The summed E-state index contributed by atoms with van der Waals surface area (Å²) in [5, 5.41) is 12.7. The Hall–Kier alpha value is -1.42. The molecule has 2 atom stereocenters. The summed E-state index contributed by atoms with van der Waals surface area (Å²) in [6.07, 6.45) is 6.59. The Morgan fingerprint density at radius 3 is 2.88 bits per heavy atom. The SMILES string of the molecule is Cc1cncc(C(=O)N[C@@H]2CCCC[C@H]2O)c1. The van der Waals surface area contributed by atoms with Crippen LogP contribution in [-0.4, -0.2) is 28.1 Å². The molecule has 2 N–H and O–H groups in total. The van der Waals surface area contributed by atoms with E-state index in [0.717, 1.165) is 31.2 Å². The number of amides is 1. The van der Waals surface area contributed by atoms with Gasteiger partial charge < -0.3 is 10.4 Å². The first-order valence-electron chi connectivity index (χ1n) is 6.07. The summed E-state index contributed by atoms with van der Waals surface area (Å²) in [5.41, 5.74) is 1.52. The molecule has 1 fully saturated rings. The molecule has 1 heterocycles. The van der Waals surface area contributed by atoms with E-state index >= 15 is 0 Å². The first-order valence-corrected chi connectivity index (χ1v) is 6.07. The second-order valence-corrected chi connectivity index (χ2v) is 4.68. The fourth-order valence-corrected chi connectivity index (χ4v) is 2.21. The van der Waals surface area contributed by atoms with Crippen molar-refractivity contribution < 1.29 is 9.90 Å². The van der Waals surface area contributed by atoms with Gasteiger partial charge in [-0.3, -0.25) is 9.78 Å². The van der Waals surface area contributed by atoms with Crippen molar-refractivity contribution in [3.05, 3.63) is 29.6 Å². The Morgan fingerprint density at radius 1 is 1.41 bits per heavy atom. The molecule has 0 aliphatic heterocycles. The van der Waals surface area contributed by atoms with Crippen LogP contribution in [0.4, 0.5) is 0 Å². The first-order chi connectivity index (χ1) is 8.16. The fourth-order valence-electron chi connectivity index (χ4n) is 2.21. The molecule has 1 saturated carbocycles. The molecule has 1 aromatic heterocycles. The van der Waals surface area contributed by atoms with E-state index < -0.39 is 6.10 Å². The van der Waals surface area contributed by atoms with Crippen LogP contribution in [-0.2, 0) is 0 Å². The van der Waals surface area contributed by atoms with E-state index in [0.29, 0.717) is 5.56 Å². The molecule has 1 amide bonds. The Kier molecular flexibility index (Phi) is 3.74. The quantitative estimate of drug-likeness (QED) is 0.813. The Balaban J connectivity index is 2.01. The van der Waals surface area contributed by atoms with Crippen molar-refractivity contribution in [1.29, 1.82) is 0 Å².